The summed E-state index contributed by atoms with van der Waals surface area (Å²) in [6.45, 7) is 23.9. The normalized spacial score (nSPS) is 17.4. The number of aryl methyl sites for hydroxylation is 2. The number of anilines is 6. The topological polar surface area (TPSA) is 248 Å². The molecule has 4 unspecified atom stereocenters. The largest absolute Gasteiger partial charge is 0.397 e. The SMILES string of the molecule is CC1CC(C)CN(c2ccc(-c3ccccc3-c3n[nH][n+](C(c4ccccc4)(c4ccccc4)c4ccccc4)n3)cc2N)C1.Cc1ccc(CC(=O)Nc2cc(-c3ccccc3-c3nn[nH]n3)ccc2N2CC(C)CC(C)C2)cc1.Cc1ccc(CC(=O)Nc2cc(-c3ccccc3-c3nn[nH]n3)ccc2N2C[C@H](C)C[C@H](C)C2)cc1. The molecule has 3 saturated heterocycles. The summed E-state index contributed by atoms with van der Waals surface area (Å²) in [5.74, 6) is 5.35. The van der Waals surface area contributed by atoms with Crippen molar-refractivity contribution in [2.75, 3.05) is 70.3 Å². The van der Waals surface area contributed by atoms with Crippen molar-refractivity contribution in [2.24, 2.45) is 35.5 Å². The summed E-state index contributed by atoms with van der Waals surface area (Å²) in [6.07, 6.45) is 4.37. The minimum absolute atomic E-state index is 0.0261. The smallest absolute Gasteiger partial charge is 0.339 e. The number of hydrogen-bond donors (Lipinski definition) is 6. The number of aromatic amines is 3. The van der Waals surface area contributed by atoms with Crippen LogP contribution >= 0.6 is 0 Å². The molecule has 117 heavy (non-hydrogen) atoms. The molecule has 0 bridgehead atoms. The van der Waals surface area contributed by atoms with Gasteiger partial charge in [-0.25, -0.2) is 0 Å². The van der Waals surface area contributed by atoms with Crippen LogP contribution < -0.4 is 35.9 Å². The van der Waals surface area contributed by atoms with E-state index in [0.29, 0.717) is 65.8 Å². The molecule has 0 saturated carbocycles. The van der Waals surface area contributed by atoms with Crippen LogP contribution in [0.5, 0.6) is 0 Å². The van der Waals surface area contributed by atoms with Crippen LogP contribution in [0.4, 0.5) is 34.1 Å². The molecule has 0 radical (unpaired) electrons. The molecule has 0 aliphatic carbocycles. The maximum atomic E-state index is 13.2. The first-order chi connectivity index (χ1) is 56.9. The summed E-state index contributed by atoms with van der Waals surface area (Å²) in [4.78, 5) is 35.5. The number of H-pyrrole nitrogens is 3. The molecule has 3 fully saturated rings. The zero-order valence-corrected chi connectivity index (χ0v) is 67.9. The van der Waals surface area contributed by atoms with Gasteiger partial charge < -0.3 is 31.1 Å². The van der Waals surface area contributed by atoms with Crippen LogP contribution in [-0.2, 0) is 28.0 Å². The first-order valence-electron chi connectivity index (χ1n) is 40.9. The number of benzene rings is 11. The van der Waals surface area contributed by atoms with E-state index in [9.17, 15) is 9.59 Å². The molecule has 0 spiro atoms. The highest BCUT2D eigenvalue weighted by Crippen LogP contribution is 2.43. The Morgan fingerprint density at radius 3 is 1.07 bits per heavy atom. The number of nitrogens with two attached hydrogens (primary N) is 1. The van der Waals surface area contributed by atoms with E-state index in [1.165, 1.54) is 30.4 Å². The molecule has 3 aliphatic rings. The van der Waals surface area contributed by atoms with Gasteiger partial charge in [0.15, 0.2) is 0 Å². The van der Waals surface area contributed by atoms with Crippen molar-refractivity contribution in [3.63, 3.8) is 0 Å². The van der Waals surface area contributed by atoms with Gasteiger partial charge in [-0.1, -0.05) is 277 Å². The lowest BCUT2D eigenvalue weighted by atomic mass is 9.77. The first kappa shape index (κ1) is 79.0. The van der Waals surface area contributed by atoms with Crippen LogP contribution in [-0.4, -0.2) is 108 Å². The number of piperidine rings is 3. The Labute approximate surface area is 685 Å². The van der Waals surface area contributed by atoms with Gasteiger partial charge in [0.2, 0.25) is 29.0 Å². The number of nitrogens with one attached hydrogen (secondary N) is 5. The van der Waals surface area contributed by atoms with E-state index in [1.807, 2.05) is 126 Å². The number of hydrogen-bond acceptors (Lipinski definition) is 14. The Hall–Kier alpha value is -13.2. The highest BCUT2D eigenvalue weighted by atomic mass is 16.2. The van der Waals surface area contributed by atoms with Crippen LogP contribution in [0.1, 0.15) is 99.7 Å². The number of aromatic nitrogens is 12. The van der Waals surface area contributed by atoms with Crippen molar-refractivity contribution in [1.82, 2.24) is 56.7 Å². The summed E-state index contributed by atoms with van der Waals surface area (Å²) < 4.78 is 0. The number of carbonyl (C=O) groups is 2. The number of nitrogens with zero attached hydrogens (tertiary/aromatic N) is 12. The highest BCUT2D eigenvalue weighted by molar-refractivity contribution is 5.99. The van der Waals surface area contributed by atoms with Crippen molar-refractivity contribution in [3.05, 3.63) is 306 Å². The fourth-order valence-corrected chi connectivity index (χ4v) is 17.7. The Morgan fingerprint density at radius 1 is 0.393 bits per heavy atom. The van der Waals surface area contributed by atoms with E-state index in [4.69, 9.17) is 15.9 Å². The molecule has 20 nitrogen and oxygen atoms in total. The quantitative estimate of drug-likeness (QED) is 0.0250. The van der Waals surface area contributed by atoms with Gasteiger partial charge in [0.1, 0.15) is 0 Å². The molecule has 20 heteroatoms. The predicted molar refractivity (Wildman–Crippen MR) is 469 cm³/mol. The van der Waals surface area contributed by atoms with Gasteiger partial charge >= 0.3 is 5.82 Å². The summed E-state index contributed by atoms with van der Waals surface area (Å²) in [7, 11) is 0. The number of nitrogen functional groups attached to an aromatic ring is 1. The number of rotatable bonds is 19. The van der Waals surface area contributed by atoms with Gasteiger partial charge in [-0.15, -0.1) is 20.4 Å². The van der Waals surface area contributed by atoms with Crippen LogP contribution in [0, 0.1) is 49.4 Å². The molecule has 3 aromatic heterocycles. The van der Waals surface area contributed by atoms with Crippen LogP contribution in [0.3, 0.4) is 0 Å². The summed E-state index contributed by atoms with van der Waals surface area (Å²) >= 11 is 0. The highest BCUT2D eigenvalue weighted by Gasteiger charge is 2.47. The fraction of sp³-hybridized carbons (Fsp3) is 0.268. The second-order valence-electron chi connectivity index (χ2n) is 32.6. The molecule has 17 rings (SSSR count). The average Bonchev–Trinajstić information content (AvgIpc) is 1.70. The maximum Gasteiger partial charge on any atom is 0.339 e. The van der Waals surface area contributed by atoms with Crippen LogP contribution in [0.25, 0.3) is 67.5 Å². The van der Waals surface area contributed by atoms with Crippen molar-refractivity contribution < 1.29 is 14.4 Å². The second-order valence-corrected chi connectivity index (χ2v) is 32.6. The van der Waals surface area contributed by atoms with Gasteiger partial charge in [0.05, 0.1) is 57.6 Å². The van der Waals surface area contributed by atoms with Gasteiger partial charge in [0.25, 0.3) is 0 Å². The van der Waals surface area contributed by atoms with Gasteiger partial charge in [0, 0.05) is 67.1 Å². The Balaban J connectivity index is 0.000000139. The molecule has 6 heterocycles. The monoisotopic (exact) mass is 1550 g/mol. The standard InChI is InChI=1S/C39H38N6.2C29H32N6O/c1-28-24-29(2)27-44(26-28)37-23-22-30(25-36(37)40)34-20-12-13-21-35(34)38-41-43-45(42-38)39(31-14-6-3-7-15-31,32-16-8-4-9-17-32)33-18-10-5-11-19-33;2*1-19-8-10-22(11-9-19)15-28(36)30-26-16-23(12-13-27(26)35-17-20(2)14-21(3)18-35)24-6-4-5-7-25(24)29-31-33-34-32-29/h3-23,25,28-29H,24,26-27,40H2,1-2H3;2*4-13,16,20-21H,14-15,17-18H2,1-3H3,(H,30,36)(H,31,32,33,34)/p+1/t;20-,21+;. The molecule has 7 N–H and O–H groups in total. The Morgan fingerprint density at radius 2 is 0.718 bits per heavy atom. The molecular formula is C97H103N18O2+. The van der Waals surface area contributed by atoms with Gasteiger partial charge in [-0.2, -0.15) is 10.4 Å². The fourth-order valence-electron chi connectivity index (χ4n) is 17.7. The molecule has 592 valence electrons. The number of amides is 2. The minimum Gasteiger partial charge on any atom is -0.397 e. The second kappa shape index (κ2) is 36.1. The van der Waals surface area contributed by atoms with Crippen molar-refractivity contribution in [2.45, 2.75) is 93.0 Å². The van der Waals surface area contributed by atoms with E-state index in [-0.39, 0.29) is 11.8 Å². The molecule has 2 amide bonds. The zero-order chi connectivity index (χ0) is 80.9. The van der Waals surface area contributed by atoms with Crippen molar-refractivity contribution >= 4 is 45.9 Å². The van der Waals surface area contributed by atoms with Crippen molar-refractivity contribution in [1.29, 1.82) is 0 Å². The van der Waals surface area contributed by atoms with E-state index in [2.05, 4.69) is 273 Å². The lowest BCUT2D eigenvalue weighted by molar-refractivity contribution is -0.836. The summed E-state index contributed by atoms with van der Waals surface area (Å²) in [5.41, 5.74) is 28.0. The predicted octanol–water partition coefficient (Wildman–Crippen LogP) is 18.3. The zero-order valence-electron chi connectivity index (χ0n) is 67.9. The molecule has 6 atom stereocenters. The van der Waals surface area contributed by atoms with E-state index in [1.54, 1.807) is 0 Å². The van der Waals surface area contributed by atoms with Gasteiger partial charge in [-0.3, -0.25) is 9.59 Å². The first-order valence-corrected chi connectivity index (χ1v) is 40.9. The number of carbonyl (C=O) groups excluding carboxylic acids is 2. The number of tetrazole rings is 3. The molecule has 11 aromatic carbocycles. The Kier molecular flexibility index (Phi) is 24.4. The Bertz CT molecular complexity index is 5310. The van der Waals surface area contributed by atoms with E-state index < -0.39 is 5.54 Å². The summed E-state index contributed by atoms with van der Waals surface area (Å²) in [6, 6.07) is 91.1. The molecule has 14 aromatic rings. The maximum absolute atomic E-state index is 13.2. The van der Waals surface area contributed by atoms with Gasteiger partial charge in [-0.05, 0) is 181 Å². The van der Waals surface area contributed by atoms with E-state index >= 15 is 0 Å². The summed E-state index contributed by atoms with van der Waals surface area (Å²) in [5, 5.41) is 49.1. The lowest BCUT2D eigenvalue weighted by Crippen LogP contribution is -2.62. The third-order valence-electron chi connectivity index (χ3n) is 22.6. The minimum atomic E-state index is -0.779. The van der Waals surface area contributed by atoms with Crippen LogP contribution in [0.15, 0.2) is 267 Å². The molecular weight excluding hydrogens is 1450 g/mol. The van der Waals surface area contributed by atoms with Crippen LogP contribution in [0.2, 0.25) is 0 Å². The lowest BCUT2D eigenvalue weighted by Gasteiger charge is -2.37. The average molecular weight is 1550 g/mol. The van der Waals surface area contributed by atoms with E-state index in [0.717, 1.165) is 151 Å². The van der Waals surface area contributed by atoms with Crippen molar-refractivity contribution in [3.8, 4) is 67.5 Å². The third kappa shape index (κ3) is 18.5. The third-order valence-corrected chi connectivity index (χ3v) is 22.6. The molecule has 3 aliphatic heterocycles.